The lowest BCUT2D eigenvalue weighted by atomic mass is 10.2. The van der Waals surface area contributed by atoms with E-state index in [9.17, 15) is 9.90 Å². The lowest BCUT2D eigenvalue weighted by Gasteiger charge is -2.08. The molecule has 0 atom stereocenters. The van der Waals surface area contributed by atoms with Crippen LogP contribution < -0.4 is 10.2 Å². The van der Waals surface area contributed by atoms with Crippen molar-refractivity contribution in [2.75, 3.05) is 7.11 Å². The van der Waals surface area contributed by atoms with Crippen LogP contribution in [0.5, 0.6) is 11.5 Å². The molecule has 2 N–H and O–H groups in total. The third kappa shape index (κ3) is 3.49. The summed E-state index contributed by atoms with van der Waals surface area (Å²) in [5.41, 5.74) is 3.35. The molecule has 0 unspecified atom stereocenters. The minimum atomic E-state index is -0.513. The summed E-state index contributed by atoms with van der Waals surface area (Å²) in [6, 6.07) is 13.9. The Bertz CT molecular complexity index is 584. The Kier molecular flexibility index (Phi) is 4.57. The van der Waals surface area contributed by atoms with E-state index in [1.54, 1.807) is 6.07 Å². The average Bonchev–Trinajstić information content (AvgIpc) is 2.48. The zero-order chi connectivity index (χ0) is 14.4. The van der Waals surface area contributed by atoms with Gasteiger partial charge in [-0.15, -0.1) is 0 Å². The number of phenolic OH excluding ortho intramolecular Hbond substituents is 1. The van der Waals surface area contributed by atoms with Crippen molar-refractivity contribution >= 4 is 5.91 Å². The van der Waals surface area contributed by atoms with Gasteiger partial charge in [-0.2, -0.15) is 0 Å². The van der Waals surface area contributed by atoms with Gasteiger partial charge in [0.15, 0.2) is 0 Å². The molecule has 2 aromatic rings. The van der Waals surface area contributed by atoms with E-state index >= 15 is 0 Å². The van der Waals surface area contributed by atoms with Gasteiger partial charge < -0.3 is 9.84 Å². The number of phenols is 1. The van der Waals surface area contributed by atoms with Crippen LogP contribution in [-0.2, 0) is 11.4 Å². The molecule has 0 radical (unpaired) electrons. The van der Waals surface area contributed by atoms with Crippen LogP contribution in [0.1, 0.15) is 15.9 Å². The van der Waals surface area contributed by atoms with Crippen LogP contribution in [0.3, 0.4) is 0 Å². The van der Waals surface area contributed by atoms with Crippen LogP contribution >= 0.6 is 0 Å². The van der Waals surface area contributed by atoms with Crippen molar-refractivity contribution in [3.8, 4) is 11.5 Å². The molecule has 0 aliphatic carbocycles. The van der Waals surface area contributed by atoms with Gasteiger partial charge in [-0.3, -0.25) is 9.63 Å². The summed E-state index contributed by atoms with van der Waals surface area (Å²) >= 11 is 0. The highest BCUT2D eigenvalue weighted by Gasteiger charge is 2.11. The Morgan fingerprint density at radius 1 is 1.20 bits per heavy atom. The van der Waals surface area contributed by atoms with Gasteiger partial charge in [0.2, 0.25) is 0 Å². The van der Waals surface area contributed by atoms with Crippen LogP contribution in [-0.4, -0.2) is 18.1 Å². The summed E-state index contributed by atoms with van der Waals surface area (Å²) in [6.45, 7) is 0.253. The number of amides is 1. The molecule has 2 aromatic carbocycles. The van der Waals surface area contributed by atoms with Gasteiger partial charge in [0.1, 0.15) is 11.5 Å². The Balaban J connectivity index is 1.92. The zero-order valence-corrected chi connectivity index (χ0v) is 11.0. The van der Waals surface area contributed by atoms with Crippen LogP contribution in [0, 0.1) is 0 Å². The van der Waals surface area contributed by atoms with Crippen LogP contribution in [0.4, 0.5) is 0 Å². The van der Waals surface area contributed by atoms with Crippen molar-refractivity contribution in [3.05, 3.63) is 59.7 Å². The third-order valence-electron chi connectivity index (χ3n) is 2.70. The van der Waals surface area contributed by atoms with Gasteiger partial charge in [-0.05, 0) is 17.7 Å². The van der Waals surface area contributed by atoms with Crippen LogP contribution in [0.2, 0.25) is 0 Å². The van der Waals surface area contributed by atoms with Gasteiger partial charge in [0, 0.05) is 6.07 Å². The topological polar surface area (TPSA) is 67.8 Å². The first kappa shape index (κ1) is 13.9. The lowest BCUT2D eigenvalue weighted by Crippen LogP contribution is -2.23. The number of nitrogens with one attached hydrogen (secondary N) is 1. The van der Waals surface area contributed by atoms with Crippen molar-refractivity contribution in [2.24, 2.45) is 0 Å². The second-order valence-electron chi connectivity index (χ2n) is 4.09. The number of hydrogen-bond donors (Lipinski definition) is 2. The fourth-order valence-corrected chi connectivity index (χ4v) is 1.64. The van der Waals surface area contributed by atoms with Gasteiger partial charge in [-0.1, -0.05) is 30.3 Å². The first-order valence-corrected chi connectivity index (χ1v) is 6.04. The summed E-state index contributed by atoms with van der Waals surface area (Å²) in [5, 5.41) is 9.71. The maximum Gasteiger partial charge on any atom is 0.278 e. The van der Waals surface area contributed by atoms with Gasteiger partial charge in [0.25, 0.3) is 5.91 Å². The molecule has 5 nitrogen and oxygen atoms in total. The summed E-state index contributed by atoms with van der Waals surface area (Å²) < 4.78 is 4.95. The summed E-state index contributed by atoms with van der Waals surface area (Å²) in [6.07, 6.45) is 0. The normalized spacial score (nSPS) is 10.1. The Morgan fingerprint density at radius 2 is 1.95 bits per heavy atom. The van der Waals surface area contributed by atoms with Crippen LogP contribution in [0.15, 0.2) is 48.5 Å². The molecule has 0 aromatic heterocycles. The molecule has 2 rings (SSSR count). The molecule has 0 spiro atoms. The monoisotopic (exact) mass is 273 g/mol. The number of aromatic hydroxyl groups is 1. The SMILES string of the molecule is COc1ccc(C(=O)NOCc2ccccc2)c(O)c1. The predicted molar refractivity (Wildman–Crippen MR) is 73.4 cm³/mol. The van der Waals surface area contributed by atoms with Gasteiger partial charge in [-0.25, -0.2) is 5.48 Å². The third-order valence-corrected chi connectivity index (χ3v) is 2.70. The number of benzene rings is 2. The van der Waals surface area contributed by atoms with E-state index < -0.39 is 5.91 Å². The summed E-state index contributed by atoms with van der Waals surface area (Å²) in [4.78, 5) is 16.9. The lowest BCUT2D eigenvalue weighted by molar-refractivity contribution is 0.0231. The Morgan fingerprint density at radius 3 is 2.60 bits per heavy atom. The highest BCUT2D eigenvalue weighted by atomic mass is 16.6. The molecule has 0 aliphatic rings. The van der Waals surface area contributed by atoms with Crippen molar-refractivity contribution in [1.82, 2.24) is 5.48 Å². The number of ether oxygens (including phenoxy) is 1. The van der Waals surface area contributed by atoms with E-state index in [0.29, 0.717) is 5.75 Å². The smallest absolute Gasteiger partial charge is 0.278 e. The zero-order valence-electron chi connectivity index (χ0n) is 11.0. The molecule has 0 bridgehead atoms. The standard InChI is InChI=1S/C15H15NO4/c1-19-12-7-8-13(14(17)9-12)15(18)16-20-10-11-5-3-2-4-6-11/h2-9,17H,10H2,1H3,(H,16,18). The first-order chi connectivity index (χ1) is 9.70. The molecule has 0 fully saturated rings. The van der Waals surface area contributed by atoms with E-state index in [1.165, 1.54) is 19.2 Å². The average molecular weight is 273 g/mol. The number of methoxy groups -OCH3 is 1. The fraction of sp³-hybridized carbons (Fsp3) is 0.133. The second kappa shape index (κ2) is 6.58. The van der Waals surface area contributed by atoms with E-state index in [-0.39, 0.29) is 17.9 Å². The summed E-state index contributed by atoms with van der Waals surface area (Å²) in [5.74, 6) is -0.199. The van der Waals surface area contributed by atoms with Crippen molar-refractivity contribution in [2.45, 2.75) is 6.61 Å². The number of hydroxylamine groups is 1. The van der Waals surface area contributed by atoms with E-state index in [2.05, 4.69) is 5.48 Å². The van der Waals surface area contributed by atoms with E-state index in [4.69, 9.17) is 9.57 Å². The largest absolute Gasteiger partial charge is 0.507 e. The minimum Gasteiger partial charge on any atom is -0.507 e. The number of rotatable bonds is 5. The molecule has 20 heavy (non-hydrogen) atoms. The molecule has 0 saturated heterocycles. The molecular formula is C15H15NO4. The predicted octanol–water partition coefficient (Wildman–Crippen LogP) is 2.26. The fourth-order valence-electron chi connectivity index (χ4n) is 1.64. The minimum absolute atomic E-state index is 0.124. The van der Waals surface area contributed by atoms with Gasteiger partial charge in [0.05, 0.1) is 19.3 Å². The highest BCUT2D eigenvalue weighted by Crippen LogP contribution is 2.23. The molecule has 0 saturated carbocycles. The molecule has 1 amide bonds. The van der Waals surface area contributed by atoms with E-state index in [0.717, 1.165) is 5.56 Å². The highest BCUT2D eigenvalue weighted by molar-refractivity contribution is 5.96. The van der Waals surface area contributed by atoms with Crippen LogP contribution in [0.25, 0.3) is 0 Å². The van der Waals surface area contributed by atoms with Crippen molar-refractivity contribution < 1.29 is 19.5 Å². The van der Waals surface area contributed by atoms with Gasteiger partial charge >= 0.3 is 0 Å². The molecule has 104 valence electrons. The number of carbonyl (C=O) groups excluding carboxylic acids is 1. The molecule has 0 aliphatic heterocycles. The summed E-state index contributed by atoms with van der Waals surface area (Å²) in [7, 11) is 1.48. The Hall–Kier alpha value is -2.53. The van der Waals surface area contributed by atoms with Crippen molar-refractivity contribution in [1.29, 1.82) is 0 Å². The van der Waals surface area contributed by atoms with E-state index in [1.807, 2.05) is 30.3 Å². The molecule has 0 heterocycles. The Labute approximate surface area is 116 Å². The molecule has 5 heteroatoms. The number of carbonyl (C=O) groups is 1. The quantitative estimate of drug-likeness (QED) is 0.820. The maximum absolute atomic E-state index is 11.8. The maximum atomic E-state index is 11.8. The van der Waals surface area contributed by atoms with Crippen molar-refractivity contribution in [3.63, 3.8) is 0 Å². The molecular weight excluding hydrogens is 258 g/mol. The second-order valence-corrected chi connectivity index (χ2v) is 4.09. The number of hydrogen-bond acceptors (Lipinski definition) is 4. The first-order valence-electron chi connectivity index (χ1n) is 6.04.